The van der Waals surface area contributed by atoms with Crippen molar-refractivity contribution in [2.24, 2.45) is 5.92 Å². The van der Waals surface area contributed by atoms with Gasteiger partial charge in [0.2, 0.25) is 0 Å². The number of fused-ring (bicyclic) bond motifs is 1. The summed E-state index contributed by atoms with van der Waals surface area (Å²) in [5.74, 6) is 1.51. The van der Waals surface area contributed by atoms with E-state index in [4.69, 9.17) is 16.3 Å². The van der Waals surface area contributed by atoms with Crippen LogP contribution in [0.4, 0.5) is 0 Å². The molecule has 2 atom stereocenters. The zero-order chi connectivity index (χ0) is 14.3. The summed E-state index contributed by atoms with van der Waals surface area (Å²) < 4.78 is 7.50. The van der Waals surface area contributed by atoms with Crippen LogP contribution in [0.3, 0.4) is 0 Å². The molecule has 21 heavy (non-hydrogen) atoms. The molecule has 0 aromatic heterocycles. The first-order valence-electron chi connectivity index (χ1n) is 7.32. The fraction of sp³-hybridized carbons (Fsp3) is 0.625. The molecule has 118 valence electrons. The Hall–Kier alpha value is 0.0400. The Kier molecular flexibility index (Phi) is 5.51. The molecular formula is C16H22BrCl2NO. The molecule has 1 aromatic rings. The lowest BCUT2D eigenvalue weighted by Gasteiger charge is -2.41. The van der Waals surface area contributed by atoms with Crippen molar-refractivity contribution in [3.8, 4) is 5.75 Å². The van der Waals surface area contributed by atoms with Crippen molar-refractivity contribution >= 4 is 39.9 Å². The fourth-order valence-electron chi connectivity index (χ4n) is 3.77. The second-order valence-corrected chi connectivity index (χ2v) is 7.75. The molecule has 2 aliphatic rings. The first-order chi connectivity index (χ1) is 9.50. The van der Waals surface area contributed by atoms with Crippen LogP contribution in [0.25, 0.3) is 0 Å². The minimum atomic E-state index is -0.0325. The van der Waals surface area contributed by atoms with Crippen molar-refractivity contribution in [2.45, 2.75) is 37.7 Å². The summed E-state index contributed by atoms with van der Waals surface area (Å²) in [7, 11) is 4.29. The zero-order valence-electron chi connectivity index (χ0n) is 12.5. The highest BCUT2D eigenvalue weighted by Gasteiger charge is 2.47. The van der Waals surface area contributed by atoms with Gasteiger partial charge >= 0.3 is 0 Å². The minimum absolute atomic E-state index is 0. The molecule has 1 saturated carbocycles. The van der Waals surface area contributed by atoms with Crippen LogP contribution in [0, 0.1) is 5.92 Å². The summed E-state index contributed by atoms with van der Waals surface area (Å²) in [4.78, 5) is 2.28. The largest absolute Gasteiger partial charge is 0.485 e. The Balaban J connectivity index is 0.00000161. The van der Waals surface area contributed by atoms with Crippen LogP contribution in [0.5, 0.6) is 5.75 Å². The molecule has 1 fully saturated rings. The van der Waals surface area contributed by atoms with E-state index in [1.54, 1.807) is 0 Å². The fourth-order valence-corrected chi connectivity index (χ4v) is 4.68. The molecule has 1 aliphatic carbocycles. The lowest BCUT2D eigenvalue weighted by atomic mass is 9.73. The van der Waals surface area contributed by atoms with E-state index in [1.165, 1.54) is 24.8 Å². The average Bonchev–Trinajstić information content (AvgIpc) is 2.71. The van der Waals surface area contributed by atoms with Crippen molar-refractivity contribution in [3.63, 3.8) is 0 Å². The van der Waals surface area contributed by atoms with E-state index in [2.05, 4.69) is 41.0 Å². The molecule has 1 aromatic carbocycles. The molecule has 1 spiro atoms. The quantitative estimate of drug-likeness (QED) is 0.703. The van der Waals surface area contributed by atoms with Gasteiger partial charge in [0, 0.05) is 28.9 Å². The third-order valence-corrected chi connectivity index (χ3v) is 5.35. The maximum Gasteiger partial charge on any atom is 0.142 e. The van der Waals surface area contributed by atoms with Gasteiger partial charge in [-0.25, -0.2) is 0 Å². The van der Waals surface area contributed by atoms with Gasteiger partial charge in [0.25, 0.3) is 0 Å². The van der Waals surface area contributed by atoms with E-state index in [1.807, 2.05) is 6.07 Å². The SMILES string of the molecule is CN(C)C[C@H]1CCCC[C@]12Cc1cc(Br)cc(Cl)c1O2.Cl. The Labute approximate surface area is 146 Å². The first kappa shape index (κ1) is 17.4. The summed E-state index contributed by atoms with van der Waals surface area (Å²) in [5.41, 5.74) is 1.23. The van der Waals surface area contributed by atoms with E-state index in [-0.39, 0.29) is 18.0 Å². The number of ether oxygens (including phenoxy) is 1. The van der Waals surface area contributed by atoms with Gasteiger partial charge in [0.05, 0.1) is 5.02 Å². The predicted molar refractivity (Wildman–Crippen MR) is 94.0 cm³/mol. The van der Waals surface area contributed by atoms with Gasteiger partial charge in [-0.05, 0) is 45.5 Å². The standard InChI is InChI=1S/C16H21BrClNO.ClH/c1-19(2)10-12-5-3-4-6-16(12)9-11-7-13(17)8-14(18)15(11)20-16;/h7-8,12H,3-6,9-10H2,1-2H3;1H/t12-,16+;/m1./s1. The van der Waals surface area contributed by atoms with Crippen LogP contribution in [-0.4, -0.2) is 31.1 Å². The Morgan fingerprint density at radius 2 is 2.14 bits per heavy atom. The number of halogens is 3. The molecule has 0 bridgehead atoms. The van der Waals surface area contributed by atoms with E-state index < -0.39 is 0 Å². The van der Waals surface area contributed by atoms with Gasteiger partial charge in [0.15, 0.2) is 0 Å². The topological polar surface area (TPSA) is 12.5 Å². The average molecular weight is 395 g/mol. The number of benzene rings is 1. The highest BCUT2D eigenvalue weighted by atomic mass is 79.9. The summed E-state index contributed by atoms with van der Waals surface area (Å²) in [6.07, 6.45) is 5.98. The molecule has 5 heteroatoms. The Bertz CT molecular complexity index is 523. The maximum atomic E-state index is 6.46. The van der Waals surface area contributed by atoms with Crippen LogP contribution < -0.4 is 4.74 Å². The Morgan fingerprint density at radius 1 is 1.38 bits per heavy atom. The van der Waals surface area contributed by atoms with Crippen molar-refractivity contribution in [2.75, 3.05) is 20.6 Å². The van der Waals surface area contributed by atoms with Crippen molar-refractivity contribution < 1.29 is 4.74 Å². The van der Waals surface area contributed by atoms with Gasteiger partial charge in [-0.3, -0.25) is 0 Å². The van der Waals surface area contributed by atoms with E-state index >= 15 is 0 Å². The summed E-state index contributed by atoms with van der Waals surface area (Å²) in [5, 5.41) is 0.737. The molecule has 1 heterocycles. The molecule has 1 aliphatic heterocycles. The molecule has 3 rings (SSSR count). The summed E-state index contributed by atoms with van der Waals surface area (Å²) >= 11 is 9.90. The number of hydrogen-bond acceptors (Lipinski definition) is 2. The van der Waals surface area contributed by atoms with Crippen molar-refractivity contribution in [1.29, 1.82) is 0 Å². The van der Waals surface area contributed by atoms with Gasteiger partial charge in [-0.2, -0.15) is 0 Å². The lowest BCUT2D eigenvalue weighted by Crippen LogP contribution is -2.48. The smallest absolute Gasteiger partial charge is 0.142 e. The zero-order valence-corrected chi connectivity index (χ0v) is 15.7. The molecule has 0 amide bonds. The van der Waals surface area contributed by atoms with E-state index in [0.29, 0.717) is 5.92 Å². The molecule has 0 radical (unpaired) electrons. The molecular weight excluding hydrogens is 373 g/mol. The number of nitrogens with zero attached hydrogens (tertiary/aromatic N) is 1. The third-order valence-electron chi connectivity index (χ3n) is 4.61. The second kappa shape index (κ2) is 6.66. The highest BCUT2D eigenvalue weighted by Crippen LogP contribution is 2.49. The van der Waals surface area contributed by atoms with Gasteiger partial charge in [-0.15, -0.1) is 12.4 Å². The highest BCUT2D eigenvalue weighted by molar-refractivity contribution is 9.10. The first-order valence-corrected chi connectivity index (χ1v) is 8.49. The summed E-state index contributed by atoms with van der Waals surface area (Å²) in [6, 6.07) is 4.10. The minimum Gasteiger partial charge on any atom is -0.485 e. The third kappa shape index (κ3) is 3.36. The van der Waals surface area contributed by atoms with Crippen LogP contribution in [-0.2, 0) is 6.42 Å². The predicted octanol–water partition coefficient (Wildman–Crippen LogP) is 4.95. The second-order valence-electron chi connectivity index (χ2n) is 6.42. The number of hydrogen-bond donors (Lipinski definition) is 0. The molecule has 0 N–H and O–H groups in total. The van der Waals surface area contributed by atoms with Gasteiger partial charge < -0.3 is 9.64 Å². The van der Waals surface area contributed by atoms with E-state index in [0.717, 1.165) is 34.6 Å². The van der Waals surface area contributed by atoms with Crippen LogP contribution in [0.2, 0.25) is 5.02 Å². The molecule has 2 nitrogen and oxygen atoms in total. The van der Waals surface area contributed by atoms with E-state index in [9.17, 15) is 0 Å². The monoisotopic (exact) mass is 393 g/mol. The Morgan fingerprint density at radius 3 is 2.86 bits per heavy atom. The molecule has 0 unspecified atom stereocenters. The van der Waals surface area contributed by atoms with Gasteiger partial charge in [0.1, 0.15) is 11.4 Å². The van der Waals surface area contributed by atoms with Crippen LogP contribution in [0.15, 0.2) is 16.6 Å². The normalized spacial score (nSPS) is 27.4. The lowest BCUT2D eigenvalue weighted by molar-refractivity contribution is -0.0149. The summed E-state index contributed by atoms with van der Waals surface area (Å²) in [6.45, 7) is 1.09. The number of rotatable bonds is 2. The molecule has 0 saturated heterocycles. The maximum absolute atomic E-state index is 6.46. The van der Waals surface area contributed by atoms with Crippen LogP contribution in [0.1, 0.15) is 31.2 Å². The van der Waals surface area contributed by atoms with Gasteiger partial charge in [-0.1, -0.05) is 34.0 Å². The van der Waals surface area contributed by atoms with Crippen molar-refractivity contribution in [1.82, 2.24) is 4.90 Å². The van der Waals surface area contributed by atoms with Crippen LogP contribution >= 0.6 is 39.9 Å². The van der Waals surface area contributed by atoms with Crippen molar-refractivity contribution in [3.05, 3.63) is 27.2 Å².